The molecule has 10 heteroatoms. The maximum absolute atomic E-state index is 12.0. The van der Waals surface area contributed by atoms with E-state index in [9.17, 15) is 9.47 Å². The van der Waals surface area contributed by atoms with Gasteiger partial charge in [0.25, 0.3) is 0 Å². The van der Waals surface area contributed by atoms with Crippen LogP contribution in [0.4, 0.5) is 5.82 Å². The third kappa shape index (κ3) is 5.66. The maximum Gasteiger partial charge on any atom is 0.138 e. The molecule has 0 spiro atoms. The molecule has 3 aromatic heterocycles. The average molecular weight is 482 g/mol. The normalized spacial score (nSPS) is 15.4. The van der Waals surface area contributed by atoms with Crippen molar-refractivity contribution < 1.29 is 8.95 Å². The fraction of sp³-hybridized carbons (Fsp3) is 0.458. The zero-order valence-electron chi connectivity index (χ0n) is 20.1. The molecule has 4 rings (SSSR count). The number of nitrogens with two attached hydrogens (primary N) is 1. The van der Waals surface area contributed by atoms with Gasteiger partial charge >= 0.3 is 0 Å². The number of hydrogen-bond donors (Lipinski definition) is 1. The number of nitrogens with zero attached hydrogens (tertiary/aromatic N) is 6. The van der Waals surface area contributed by atoms with E-state index >= 15 is 0 Å². The van der Waals surface area contributed by atoms with Crippen LogP contribution >= 0.6 is 0 Å². The molecule has 1 saturated heterocycles. The Morgan fingerprint density at radius 3 is 2.62 bits per heavy atom. The average Bonchev–Trinajstić information content (AvgIpc) is 3.19. The number of piperidine rings is 1. The van der Waals surface area contributed by atoms with Crippen LogP contribution in [0.15, 0.2) is 41.2 Å². The van der Waals surface area contributed by atoms with Crippen molar-refractivity contribution >= 4 is 21.1 Å². The van der Waals surface area contributed by atoms with Crippen molar-refractivity contribution in [2.45, 2.75) is 38.3 Å². The first-order valence-electron chi connectivity index (χ1n) is 11.2. The number of rotatable bonds is 6. The minimum atomic E-state index is -2.08. The lowest BCUT2D eigenvalue weighted by Gasteiger charge is -2.31. The van der Waals surface area contributed by atoms with Crippen LogP contribution in [0.25, 0.3) is 16.6 Å². The van der Waals surface area contributed by atoms with E-state index in [4.69, 9.17) is 15.5 Å². The smallest absolute Gasteiger partial charge is 0.138 e. The van der Waals surface area contributed by atoms with E-state index in [1.54, 1.807) is 29.4 Å². The lowest BCUT2D eigenvalue weighted by Crippen LogP contribution is -2.38. The minimum Gasteiger partial charge on any atom is -0.490 e. The van der Waals surface area contributed by atoms with Gasteiger partial charge in [-0.3, -0.25) is 4.21 Å². The number of hydrogen-bond acceptors (Lipinski definition) is 8. The Bertz CT molecular complexity index is 1330. The van der Waals surface area contributed by atoms with Gasteiger partial charge in [0.15, 0.2) is 0 Å². The SMILES string of the molecule is CC(C)(N)COc1cc(-c2ccc(N3CCC(N=S(C)(C)=O)CC3)nc2)c2c(C#N)cnn2c1. The van der Waals surface area contributed by atoms with Crippen molar-refractivity contribution in [3.63, 3.8) is 0 Å². The van der Waals surface area contributed by atoms with Crippen molar-refractivity contribution in [3.05, 3.63) is 42.4 Å². The largest absolute Gasteiger partial charge is 0.490 e. The molecule has 0 atom stereocenters. The first-order valence-corrected chi connectivity index (χ1v) is 13.6. The fourth-order valence-electron chi connectivity index (χ4n) is 4.04. The molecule has 0 aromatic carbocycles. The molecule has 0 amide bonds. The molecule has 9 nitrogen and oxygen atoms in total. The maximum atomic E-state index is 12.0. The molecule has 1 aliphatic rings. The molecule has 2 N–H and O–H groups in total. The molecule has 3 aromatic rings. The first-order chi connectivity index (χ1) is 16.0. The molecule has 34 heavy (non-hydrogen) atoms. The number of anilines is 1. The van der Waals surface area contributed by atoms with Crippen LogP contribution in [0.3, 0.4) is 0 Å². The predicted molar refractivity (Wildman–Crippen MR) is 135 cm³/mol. The van der Waals surface area contributed by atoms with E-state index in [2.05, 4.69) is 20.4 Å². The predicted octanol–water partition coefficient (Wildman–Crippen LogP) is 3.08. The van der Waals surface area contributed by atoms with Crippen molar-refractivity contribution in [2.75, 3.05) is 37.1 Å². The van der Waals surface area contributed by atoms with Gasteiger partial charge in [-0.15, -0.1) is 0 Å². The highest BCUT2D eigenvalue weighted by atomic mass is 32.2. The summed E-state index contributed by atoms with van der Waals surface area (Å²) in [5.41, 5.74) is 8.47. The summed E-state index contributed by atoms with van der Waals surface area (Å²) in [6, 6.07) is 8.25. The minimum absolute atomic E-state index is 0.138. The Kier molecular flexibility index (Phi) is 6.51. The second-order valence-corrected chi connectivity index (χ2v) is 12.3. The molecule has 0 bridgehead atoms. The molecule has 0 saturated carbocycles. The first kappa shape index (κ1) is 24.0. The quantitative estimate of drug-likeness (QED) is 0.574. The lowest BCUT2D eigenvalue weighted by molar-refractivity contribution is 0.242. The summed E-state index contributed by atoms with van der Waals surface area (Å²) in [5.74, 6) is 1.50. The molecular formula is C24H31N7O2S. The van der Waals surface area contributed by atoms with Crippen molar-refractivity contribution in [1.29, 1.82) is 5.26 Å². The van der Waals surface area contributed by atoms with E-state index in [0.29, 0.717) is 23.4 Å². The van der Waals surface area contributed by atoms with Gasteiger partial charge in [-0.1, -0.05) is 0 Å². The number of nitriles is 1. The van der Waals surface area contributed by atoms with Gasteiger partial charge in [-0.05, 0) is 44.9 Å². The van der Waals surface area contributed by atoms with E-state index in [-0.39, 0.29) is 6.04 Å². The monoisotopic (exact) mass is 481 g/mol. The molecule has 0 unspecified atom stereocenters. The zero-order valence-corrected chi connectivity index (χ0v) is 20.9. The van der Waals surface area contributed by atoms with Crippen molar-refractivity contribution in [3.8, 4) is 22.9 Å². The topological polar surface area (TPSA) is 122 Å². The summed E-state index contributed by atoms with van der Waals surface area (Å²) in [6.07, 6.45) is 10.2. The number of ether oxygens (including phenoxy) is 1. The summed E-state index contributed by atoms with van der Waals surface area (Å²) >= 11 is 0. The van der Waals surface area contributed by atoms with Crippen molar-refractivity contribution in [2.24, 2.45) is 10.1 Å². The van der Waals surface area contributed by atoms with Crippen LogP contribution in [0.5, 0.6) is 5.75 Å². The summed E-state index contributed by atoms with van der Waals surface area (Å²) in [6.45, 7) is 5.78. The Labute approximate surface area is 200 Å². The van der Waals surface area contributed by atoms with Gasteiger partial charge in [0.05, 0.1) is 29.5 Å². The Hall–Kier alpha value is -3.16. The van der Waals surface area contributed by atoms with Crippen LogP contribution < -0.4 is 15.4 Å². The van der Waals surface area contributed by atoms with Gasteiger partial charge in [0.2, 0.25) is 0 Å². The van der Waals surface area contributed by atoms with Crippen LogP contribution in [0.1, 0.15) is 32.3 Å². The third-order valence-corrected chi connectivity index (χ3v) is 6.37. The highest BCUT2D eigenvalue weighted by molar-refractivity contribution is 7.92. The Balaban J connectivity index is 1.60. The van der Waals surface area contributed by atoms with E-state index in [1.165, 1.54) is 0 Å². The highest BCUT2D eigenvalue weighted by Gasteiger charge is 2.21. The van der Waals surface area contributed by atoms with Gasteiger partial charge < -0.3 is 15.4 Å². The molecule has 0 aliphatic carbocycles. The van der Waals surface area contributed by atoms with Crippen LogP contribution in [-0.2, 0) is 9.73 Å². The van der Waals surface area contributed by atoms with Crippen LogP contribution in [0.2, 0.25) is 0 Å². The number of fused-ring (bicyclic) bond motifs is 1. The van der Waals surface area contributed by atoms with Crippen LogP contribution in [0, 0.1) is 11.3 Å². The molecule has 0 radical (unpaired) electrons. The molecule has 1 fully saturated rings. The van der Waals surface area contributed by atoms with E-state index in [1.807, 2.05) is 38.2 Å². The van der Waals surface area contributed by atoms with Gasteiger partial charge in [0.1, 0.15) is 24.2 Å². The Morgan fingerprint density at radius 2 is 2.03 bits per heavy atom. The standard InChI is InChI=1S/C24H31N7O2S/c1-24(2,26)16-33-20-11-21(23-18(12-25)14-28-31(23)15-20)17-5-6-22(27-13-17)30-9-7-19(8-10-30)29-34(3,4)32/h5-6,11,13-15,19H,7-10,16,26H2,1-4H3. The number of aromatic nitrogens is 3. The Morgan fingerprint density at radius 1 is 1.29 bits per heavy atom. The van der Waals surface area contributed by atoms with E-state index in [0.717, 1.165) is 42.9 Å². The second kappa shape index (κ2) is 9.24. The summed E-state index contributed by atoms with van der Waals surface area (Å²) in [4.78, 5) is 6.93. The molecule has 1 aliphatic heterocycles. The van der Waals surface area contributed by atoms with Gasteiger partial charge in [-0.2, -0.15) is 10.4 Å². The second-order valence-electron chi connectivity index (χ2n) is 9.74. The molecule has 4 heterocycles. The van der Waals surface area contributed by atoms with E-state index < -0.39 is 15.3 Å². The molecular weight excluding hydrogens is 450 g/mol. The fourth-order valence-corrected chi connectivity index (χ4v) is 4.97. The van der Waals surface area contributed by atoms with Gasteiger partial charge in [-0.25, -0.2) is 13.9 Å². The zero-order chi connectivity index (χ0) is 24.5. The van der Waals surface area contributed by atoms with Gasteiger partial charge in [0, 0.05) is 58.2 Å². The summed E-state index contributed by atoms with van der Waals surface area (Å²) in [7, 11) is -2.08. The van der Waals surface area contributed by atoms with Crippen molar-refractivity contribution in [1.82, 2.24) is 14.6 Å². The third-order valence-electron chi connectivity index (χ3n) is 5.57. The highest BCUT2D eigenvalue weighted by Crippen LogP contribution is 2.32. The van der Waals surface area contributed by atoms with Crippen LogP contribution in [-0.4, -0.2) is 62.6 Å². The lowest BCUT2D eigenvalue weighted by atomic mass is 10.0. The summed E-state index contributed by atoms with van der Waals surface area (Å²) in [5, 5.41) is 13.9. The number of pyridine rings is 2. The summed E-state index contributed by atoms with van der Waals surface area (Å²) < 4.78 is 24.0. The molecule has 180 valence electrons.